The highest BCUT2D eigenvalue weighted by Crippen LogP contribution is 2.59. The quantitative estimate of drug-likeness (QED) is 0.705. The largest absolute Gasteiger partial charge is 0.496 e. The second kappa shape index (κ2) is 4.40. The fraction of sp³-hybridized carbons (Fsp3) is 0.556. The van der Waals surface area contributed by atoms with Crippen molar-refractivity contribution in [2.45, 2.75) is 48.0 Å². The number of benzene rings is 1. The minimum atomic E-state index is 0.165. The van der Waals surface area contributed by atoms with E-state index in [1.165, 1.54) is 22.3 Å². The Hall–Kier alpha value is -1.24. The molecule has 0 bridgehead atoms. The molecule has 0 heterocycles. The Morgan fingerprint density at radius 1 is 1.05 bits per heavy atom. The van der Waals surface area contributed by atoms with E-state index in [1.54, 1.807) is 7.11 Å². The minimum Gasteiger partial charge on any atom is -0.496 e. The Morgan fingerprint density at radius 3 is 2.16 bits per heavy atom. The molecular weight excluding hydrogens is 232 g/mol. The van der Waals surface area contributed by atoms with Gasteiger partial charge in [-0.15, -0.1) is 0 Å². The van der Waals surface area contributed by atoms with Gasteiger partial charge in [0, 0.05) is 5.56 Å². The molecule has 1 heteroatoms. The number of methoxy groups -OCH3 is 1. The van der Waals surface area contributed by atoms with Crippen LogP contribution in [0.1, 0.15) is 52.2 Å². The maximum Gasteiger partial charge on any atom is 0.126 e. The summed E-state index contributed by atoms with van der Waals surface area (Å²) in [4.78, 5) is 0. The standard InChI is InChI=1S/C18H26O/c1-12-8-9-15(19-7)14(10-12)16-13(2)11-17(3,4)18(16,5)6/h8-10H,11H2,1-7H3. The molecule has 0 saturated carbocycles. The summed E-state index contributed by atoms with van der Waals surface area (Å²) >= 11 is 0. The van der Waals surface area contributed by atoms with Gasteiger partial charge in [0.05, 0.1) is 7.11 Å². The van der Waals surface area contributed by atoms with Gasteiger partial charge in [-0.2, -0.15) is 0 Å². The van der Waals surface area contributed by atoms with Crippen molar-refractivity contribution >= 4 is 5.57 Å². The summed E-state index contributed by atoms with van der Waals surface area (Å²) in [6, 6.07) is 6.47. The lowest BCUT2D eigenvalue weighted by Gasteiger charge is -2.38. The van der Waals surface area contributed by atoms with Crippen LogP contribution in [0.15, 0.2) is 23.8 Å². The van der Waals surface area contributed by atoms with E-state index in [0.29, 0.717) is 5.41 Å². The number of hydrogen-bond acceptors (Lipinski definition) is 1. The first-order valence-electron chi connectivity index (χ1n) is 7.06. The summed E-state index contributed by atoms with van der Waals surface area (Å²) in [5, 5.41) is 0. The zero-order valence-corrected chi connectivity index (χ0v) is 13.3. The van der Waals surface area contributed by atoms with Crippen molar-refractivity contribution < 1.29 is 4.74 Å². The van der Waals surface area contributed by atoms with Crippen molar-refractivity contribution in [1.82, 2.24) is 0 Å². The number of allylic oxidation sites excluding steroid dienone is 2. The van der Waals surface area contributed by atoms with Gasteiger partial charge in [0.1, 0.15) is 5.75 Å². The van der Waals surface area contributed by atoms with Crippen LogP contribution in [0, 0.1) is 17.8 Å². The highest BCUT2D eigenvalue weighted by Gasteiger charge is 2.46. The molecule has 0 fully saturated rings. The molecule has 0 amide bonds. The van der Waals surface area contributed by atoms with Crippen molar-refractivity contribution in [1.29, 1.82) is 0 Å². The maximum absolute atomic E-state index is 5.59. The summed E-state index contributed by atoms with van der Waals surface area (Å²) in [6.07, 6.45) is 1.16. The van der Waals surface area contributed by atoms with E-state index in [0.717, 1.165) is 12.2 Å². The zero-order valence-electron chi connectivity index (χ0n) is 13.3. The third-order valence-corrected chi connectivity index (χ3v) is 5.08. The Kier molecular flexibility index (Phi) is 3.28. The lowest BCUT2D eigenvalue weighted by Crippen LogP contribution is -2.28. The smallest absolute Gasteiger partial charge is 0.126 e. The van der Waals surface area contributed by atoms with Crippen LogP contribution in [0.4, 0.5) is 0 Å². The molecule has 2 rings (SSSR count). The number of rotatable bonds is 2. The molecule has 1 aromatic rings. The van der Waals surface area contributed by atoms with Gasteiger partial charge in [-0.25, -0.2) is 0 Å². The highest BCUT2D eigenvalue weighted by atomic mass is 16.5. The van der Waals surface area contributed by atoms with E-state index < -0.39 is 0 Å². The first-order chi connectivity index (χ1) is 8.70. The fourth-order valence-corrected chi connectivity index (χ4v) is 3.43. The van der Waals surface area contributed by atoms with Crippen molar-refractivity contribution in [2.24, 2.45) is 10.8 Å². The summed E-state index contributed by atoms with van der Waals surface area (Å²) in [5.74, 6) is 0.991. The average molecular weight is 258 g/mol. The third kappa shape index (κ3) is 2.09. The molecule has 0 aliphatic heterocycles. The molecule has 0 spiro atoms. The van der Waals surface area contributed by atoms with E-state index in [1.807, 2.05) is 0 Å². The minimum absolute atomic E-state index is 0.165. The van der Waals surface area contributed by atoms with Gasteiger partial charge in [0.25, 0.3) is 0 Å². The van der Waals surface area contributed by atoms with Crippen LogP contribution < -0.4 is 4.74 Å². The van der Waals surface area contributed by atoms with Gasteiger partial charge >= 0.3 is 0 Å². The summed E-state index contributed by atoms with van der Waals surface area (Å²) < 4.78 is 5.59. The van der Waals surface area contributed by atoms with Gasteiger partial charge < -0.3 is 4.74 Å². The molecule has 0 N–H and O–H groups in total. The van der Waals surface area contributed by atoms with Crippen LogP contribution in [0.25, 0.3) is 5.57 Å². The van der Waals surface area contributed by atoms with E-state index in [2.05, 4.69) is 59.7 Å². The summed E-state index contributed by atoms with van der Waals surface area (Å²) in [7, 11) is 1.76. The molecule has 1 aliphatic rings. The Labute approximate surface area is 117 Å². The van der Waals surface area contributed by atoms with E-state index >= 15 is 0 Å². The molecule has 0 radical (unpaired) electrons. The van der Waals surface area contributed by atoms with Crippen LogP contribution in [-0.2, 0) is 0 Å². The molecule has 0 unspecified atom stereocenters. The number of aryl methyl sites for hydroxylation is 1. The Bertz CT molecular complexity index is 533. The first kappa shape index (κ1) is 14.2. The predicted octanol–water partition coefficient (Wildman–Crippen LogP) is 5.23. The number of ether oxygens (including phenoxy) is 1. The molecule has 1 aliphatic carbocycles. The second-order valence-electron chi connectivity index (χ2n) is 7.04. The first-order valence-corrected chi connectivity index (χ1v) is 7.06. The van der Waals surface area contributed by atoms with Gasteiger partial charge in [0.15, 0.2) is 0 Å². The van der Waals surface area contributed by atoms with Crippen LogP contribution in [0.3, 0.4) is 0 Å². The van der Waals surface area contributed by atoms with Crippen molar-refractivity contribution in [2.75, 3.05) is 7.11 Å². The van der Waals surface area contributed by atoms with Crippen molar-refractivity contribution in [3.05, 3.63) is 34.9 Å². The van der Waals surface area contributed by atoms with E-state index in [-0.39, 0.29) is 5.41 Å². The average Bonchev–Trinajstić information content (AvgIpc) is 2.43. The third-order valence-electron chi connectivity index (χ3n) is 5.08. The molecule has 19 heavy (non-hydrogen) atoms. The normalized spacial score (nSPS) is 20.8. The van der Waals surface area contributed by atoms with Crippen LogP contribution in [-0.4, -0.2) is 7.11 Å². The molecule has 1 nitrogen and oxygen atoms in total. The molecule has 1 aromatic carbocycles. The van der Waals surface area contributed by atoms with Crippen LogP contribution in [0.2, 0.25) is 0 Å². The van der Waals surface area contributed by atoms with Crippen molar-refractivity contribution in [3.8, 4) is 5.75 Å². The van der Waals surface area contributed by atoms with Crippen LogP contribution in [0.5, 0.6) is 5.75 Å². The number of hydrogen-bond donors (Lipinski definition) is 0. The maximum atomic E-state index is 5.59. The molecule has 104 valence electrons. The van der Waals surface area contributed by atoms with Crippen molar-refractivity contribution in [3.63, 3.8) is 0 Å². The van der Waals surface area contributed by atoms with Gasteiger partial charge in [-0.05, 0) is 48.8 Å². The topological polar surface area (TPSA) is 9.23 Å². The van der Waals surface area contributed by atoms with Gasteiger partial charge in [0.2, 0.25) is 0 Å². The Morgan fingerprint density at radius 2 is 1.68 bits per heavy atom. The second-order valence-corrected chi connectivity index (χ2v) is 7.04. The molecular formula is C18H26O. The van der Waals surface area contributed by atoms with E-state index in [9.17, 15) is 0 Å². The molecule has 0 atom stereocenters. The SMILES string of the molecule is COc1ccc(C)cc1C1=C(C)CC(C)(C)C1(C)C. The fourth-order valence-electron chi connectivity index (χ4n) is 3.43. The van der Waals surface area contributed by atoms with Crippen LogP contribution >= 0.6 is 0 Å². The summed E-state index contributed by atoms with van der Waals surface area (Å²) in [6.45, 7) is 13.9. The van der Waals surface area contributed by atoms with Gasteiger partial charge in [-0.3, -0.25) is 0 Å². The monoisotopic (exact) mass is 258 g/mol. The zero-order chi connectivity index (χ0) is 14.4. The lowest BCUT2D eigenvalue weighted by molar-refractivity contribution is 0.197. The highest BCUT2D eigenvalue weighted by molar-refractivity contribution is 5.79. The molecule has 0 saturated heterocycles. The van der Waals surface area contributed by atoms with E-state index in [4.69, 9.17) is 4.74 Å². The predicted molar refractivity (Wildman–Crippen MR) is 82.5 cm³/mol. The molecule has 0 aromatic heterocycles. The Balaban J connectivity index is 2.65. The summed E-state index contributed by atoms with van der Waals surface area (Å²) in [5.41, 5.74) is 5.99. The van der Waals surface area contributed by atoms with Gasteiger partial charge in [-0.1, -0.05) is 44.9 Å². The lowest BCUT2D eigenvalue weighted by atomic mass is 9.66.